The molecule has 0 saturated heterocycles. The third-order valence-electron chi connectivity index (χ3n) is 2.02. The Hall–Kier alpha value is -1.95. The van der Waals surface area contributed by atoms with Crippen LogP contribution < -0.4 is 5.32 Å². The van der Waals surface area contributed by atoms with Crippen molar-refractivity contribution in [3.63, 3.8) is 0 Å². The number of anilines is 1. The van der Waals surface area contributed by atoms with Crippen LogP contribution in [0.1, 0.15) is 23.7 Å². The molecule has 1 rings (SSSR count). The molecule has 0 fully saturated rings. The van der Waals surface area contributed by atoms with Crippen LogP contribution in [-0.4, -0.2) is 16.1 Å². The summed E-state index contributed by atoms with van der Waals surface area (Å²) in [7, 11) is 0. The third kappa shape index (κ3) is 3.25. The molecule has 0 radical (unpaired) electrons. The molecular formula is C10H9ClN2O4. The van der Waals surface area contributed by atoms with E-state index < -0.39 is 10.2 Å². The van der Waals surface area contributed by atoms with E-state index >= 15 is 0 Å². The van der Waals surface area contributed by atoms with E-state index in [2.05, 4.69) is 5.32 Å². The number of nitro groups is 1. The Labute approximate surface area is 102 Å². The molecule has 0 aliphatic heterocycles. The van der Waals surface area contributed by atoms with Crippen LogP contribution in [0.2, 0.25) is 0 Å². The number of nitrogens with zero attached hydrogens (tertiary/aromatic N) is 1. The highest BCUT2D eigenvalue weighted by Crippen LogP contribution is 2.26. The van der Waals surface area contributed by atoms with Gasteiger partial charge in [-0.15, -0.1) is 0 Å². The lowest BCUT2D eigenvalue weighted by Crippen LogP contribution is -2.11. The molecule has 17 heavy (non-hydrogen) atoms. The van der Waals surface area contributed by atoms with E-state index in [0.717, 1.165) is 6.07 Å². The van der Waals surface area contributed by atoms with Gasteiger partial charge in [0.1, 0.15) is 5.69 Å². The summed E-state index contributed by atoms with van der Waals surface area (Å²) in [5.41, 5.74) is -0.310. The van der Waals surface area contributed by atoms with Gasteiger partial charge < -0.3 is 5.32 Å². The SMILES string of the molecule is CCC(=O)Nc1ccc(C(=O)Cl)cc1[N+](=O)[O-]. The standard InChI is InChI=1S/C10H9ClN2O4/c1-2-9(14)12-7-4-3-6(10(11)15)5-8(7)13(16)17/h3-5H,2H2,1H3,(H,12,14). The maximum atomic E-state index is 11.1. The second kappa shape index (κ2) is 5.40. The van der Waals surface area contributed by atoms with Crippen LogP contribution in [0.15, 0.2) is 18.2 Å². The lowest BCUT2D eigenvalue weighted by molar-refractivity contribution is -0.383. The van der Waals surface area contributed by atoms with E-state index in [1.54, 1.807) is 6.92 Å². The molecule has 0 spiro atoms. The maximum Gasteiger partial charge on any atom is 0.293 e. The van der Waals surface area contributed by atoms with E-state index in [1.807, 2.05) is 0 Å². The number of benzene rings is 1. The van der Waals surface area contributed by atoms with Gasteiger partial charge in [-0.2, -0.15) is 0 Å². The molecule has 90 valence electrons. The second-order valence-corrected chi connectivity index (χ2v) is 3.51. The van der Waals surface area contributed by atoms with Gasteiger partial charge in [0.2, 0.25) is 5.91 Å². The Morgan fingerprint density at radius 2 is 2.12 bits per heavy atom. The summed E-state index contributed by atoms with van der Waals surface area (Å²) in [5, 5.41) is 12.3. The molecule has 0 aliphatic rings. The molecule has 0 aliphatic carbocycles. The molecule has 6 nitrogen and oxygen atoms in total. The van der Waals surface area contributed by atoms with Crippen LogP contribution in [0.5, 0.6) is 0 Å². The van der Waals surface area contributed by atoms with Crippen molar-refractivity contribution >= 4 is 34.1 Å². The van der Waals surface area contributed by atoms with E-state index in [-0.39, 0.29) is 29.3 Å². The summed E-state index contributed by atoms with van der Waals surface area (Å²) in [4.78, 5) is 32.1. The van der Waals surface area contributed by atoms with Crippen molar-refractivity contribution in [2.24, 2.45) is 0 Å². The molecule has 1 aromatic rings. The molecule has 0 bridgehead atoms. The molecule has 0 atom stereocenters. The summed E-state index contributed by atoms with van der Waals surface area (Å²) in [5.74, 6) is -0.349. The minimum atomic E-state index is -0.790. The number of hydrogen-bond acceptors (Lipinski definition) is 4. The molecule has 1 N–H and O–H groups in total. The van der Waals surface area contributed by atoms with Gasteiger partial charge in [-0.1, -0.05) is 6.92 Å². The number of carbonyl (C=O) groups excluding carboxylic acids is 2. The van der Waals surface area contributed by atoms with Crippen molar-refractivity contribution in [1.29, 1.82) is 0 Å². The topological polar surface area (TPSA) is 89.3 Å². The molecule has 7 heteroatoms. The van der Waals surface area contributed by atoms with Gasteiger partial charge in [-0.05, 0) is 23.7 Å². The molecule has 1 aromatic carbocycles. The lowest BCUT2D eigenvalue weighted by atomic mass is 10.2. The second-order valence-electron chi connectivity index (χ2n) is 3.16. The normalized spacial score (nSPS) is 9.76. The van der Waals surface area contributed by atoms with Crippen molar-refractivity contribution in [3.05, 3.63) is 33.9 Å². The minimum absolute atomic E-state index is 0.00728. The van der Waals surface area contributed by atoms with Crippen molar-refractivity contribution in [2.75, 3.05) is 5.32 Å². The number of nitro benzene ring substituents is 1. The fourth-order valence-electron chi connectivity index (χ4n) is 1.15. The average molecular weight is 257 g/mol. The number of amides is 1. The summed E-state index contributed by atoms with van der Waals surface area (Å²) in [6, 6.07) is 3.62. The number of halogens is 1. The molecule has 0 saturated carbocycles. The monoisotopic (exact) mass is 256 g/mol. The lowest BCUT2D eigenvalue weighted by Gasteiger charge is -2.05. The Morgan fingerprint density at radius 1 is 1.47 bits per heavy atom. The smallest absolute Gasteiger partial charge is 0.293 e. The van der Waals surface area contributed by atoms with Gasteiger partial charge in [0.05, 0.1) is 4.92 Å². The quantitative estimate of drug-likeness (QED) is 0.508. The molecule has 1 amide bonds. The van der Waals surface area contributed by atoms with Crippen molar-refractivity contribution < 1.29 is 14.5 Å². The van der Waals surface area contributed by atoms with Crippen LogP contribution >= 0.6 is 11.6 Å². The third-order valence-corrected chi connectivity index (χ3v) is 2.23. The largest absolute Gasteiger partial charge is 0.320 e. The Morgan fingerprint density at radius 3 is 2.59 bits per heavy atom. The zero-order valence-electron chi connectivity index (χ0n) is 8.90. The maximum absolute atomic E-state index is 11.1. The first-order valence-electron chi connectivity index (χ1n) is 4.73. The fourth-order valence-corrected chi connectivity index (χ4v) is 1.27. The zero-order valence-corrected chi connectivity index (χ0v) is 9.65. The summed E-state index contributed by atoms with van der Waals surface area (Å²) < 4.78 is 0. The molecule has 0 aromatic heterocycles. The number of carbonyl (C=O) groups is 2. The summed E-state index contributed by atoms with van der Waals surface area (Å²) in [6.45, 7) is 1.62. The minimum Gasteiger partial charge on any atom is -0.320 e. The van der Waals surface area contributed by atoms with Gasteiger partial charge in [0.25, 0.3) is 10.9 Å². The highest BCUT2D eigenvalue weighted by atomic mass is 35.5. The van der Waals surface area contributed by atoms with Crippen LogP contribution in [0, 0.1) is 10.1 Å². The molecular weight excluding hydrogens is 248 g/mol. The predicted molar refractivity (Wildman–Crippen MR) is 62.2 cm³/mol. The van der Waals surface area contributed by atoms with Gasteiger partial charge in [0, 0.05) is 18.1 Å². The highest BCUT2D eigenvalue weighted by molar-refractivity contribution is 6.67. The Bertz CT molecular complexity index is 487. The van der Waals surface area contributed by atoms with Crippen LogP contribution in [-0.2, 0) is 4.79 Å². The van der Waals surface area contributed by atoms with Gasteiger partial charge >= 0.3 is 0 Å². The van der Waals surface area contributed by atoms with Crippen molar-refractivity contribution in [1.82, 2.24) is 0 Å². The highest BCUT2D eigenvalue weighted by Gasteiger charge is 2.17. The summed E-state index contributed by atoms with van der Waals surface area (Å²) >= 11 is 5.22. The number of rotatable bonds is 4. The van der Waals surface area contributed by atoms with Gasteiger partial charge in [-0.25, -0.2) is 0 Å². The van der Waals surface area contributed by atoms with Gasteiger partial charge in [0.15, 0.2) is 0 Å². The average Bonchev–Trinajstić information content (AvgIpc) is 2.28. The molecule has 0 unspecified atom stereocenters. The van der Waals surface area contributed by atoms with Crippen LogP contribution in [0.4, 0.5) is 11.4 Å². The fraction of sp³-hybridized carbons (Fsp3) is 0.200. The summed E-state index contributed by atoms with van der Waals surface area (Å²) in [6.07, 6.45) is 0.202. The number of nitrogens with one attached hydrogen (secondary N) is 1. The van der Waals surface area contributed by atoms with Crippen molar-refractivity contribution in [3.8, 4) is 0 Å². The Balaban J connectivity index is 3.17. The Kier molecular flexibility index (Phi) is 4.17. The van der Waals surface area contributed by atoms with Gasteiger partial charge in [-0.3, -0.25) is 19.7 Å². The van der Waals surface area contributed by atoms with E-state index in [1.165, 1.54) is 12.1 Å². The van der Waals surface area contributed by atoms with Crippen LogP contribution in [0.25, 0.3) is 0 Å². The van der Waals surface area contributed by atoms with E-state index in [4.69, 9.17) is 11.6 Å². The van der Waals surface area contributed by atoms with E-state index in [9.17, 15) is 19.7 Å². The van der Waals surface area contributed by atoms with E-state index in [0.29, 0.717) is 0 Å². The zero-order chi connectivity index (χ0) is 13.0. The first kappa shape index (κ1) is 13.1. The van der Waals surface area contributed by atoms with Crippen molar-refractivity contribution in [2.45, 2.75) is 13.3 Å². The molecule has 0 heterocycles. The number of hydrogen-bond donors (Lipinski definition) is 1. The predicted octanol–water partition coefficient (Wildman–Crippen LogP) is 2.32. The first-order valence-corrected chi connectivity index (χ1v) is 5.11. The first-order chi connectivity index (χ1) is 7.95. The van der Waals surface area contributed by atoms with Crippen LogP contribution in [0.3, 0.4) is 0 Å².